The van der Waals surface area contributed by atoms with Gasteiger partial charge in [-0.1, -0.05) is 31.2 Å². The first-order valence-corrected chi connectivity index (χ1v) is 9.44. The molecular formula is C23H23N3O2. The van der Waals surface area contributed by atoms with E-state index in [-0.39, 0.29) is 12.1 Å². The monoisotopic (exact) mass is 373 g/mol. The Morgan fingerprint density at radius 1 is 1.04 bits per heavy atom. The molecule has 0 saturated carbocycles. The number of ether oxygens (including phenoxy) is 1. The van der Waals surface area contributed by atoms with E-state index in [0.717, 1.165) is 29.1 Å². The first-order chi connectivity index (χ1) is 13.7. The van der Waals surface area contributed by atoms with Crippen LogP contribution < -0.4 is 10.1 Å². The number of pyridine rings is 1. The van der Waals surface area contributed by atoms with Crippen LogP contribution in [0.5, 0.6) is 5.75 Å². The van der Waals surface area contributed by atoms with Crippen molar-refractivity contribution in [1.29, 1.82) is 0 Å². The number of nitrogens with one attached hydrogen (secondary N) is 1. The van der Waals surface area contributed by atoms with Crippen molar-refractivity contribution >= 4 is 11.6 Å². The number of aryl methyl sites for hydroxylation is 1. The summed E-state index contributed by atoms with van der Waals surface area (Å²) in [4.78, 5) is 19.4. The quantitative estimate of drug-likeness (QED) is 0.695. The molecule has 0 fully saturated rings. The summed E-state index contributed by atoms with van der Waals surface area (Å²) in [5.41, 5.74) is 4.70. The molecule has 0 saturated heterocycles. The van der Waals surface area contributed by atoms with E-state index in [1.165, 1.54) is 5.56 Å². The number of carbonyl (C=O) groups excluding carboxylic acids is 1. The molecule has 4 rings (SSSR count). The largest absolute Gasteiger partial charge is 0.497 e. The molecule has 1 amide bonds. The van der Waals surface area contributed by atoms with Crippen molar-refractivity contribution < 1.29 is 9.53 Å². The number of aromatic nitrogens is 1. The molecule has 5 heteroatoms. The van der Waals surface area contributed by atoms with Crippen molar-refractivity contribution in [2.24, 2.45) is 0 Å². The van der Waals surface area contributed by atoms with Crippen LogP contribution >= 0.6 is 0 Å². The second-order valence-corrected chi connectivity index (χ2v) is 6.81. The topological polar surface area (TPSA) is 54.5 Å². The van der Waals surface area contributed by atoms with E-state index in [9.17, 15) is 4.79 Å². The Bertz CT molecular complexity index is 968. The lowest BCUT2D eigenvalue weighted by Crippen LogP contribution is -2.32. The molecule has 0 aliphatic carbocycles. The van der Waals surface area contributed by atoms with Crippen LogP contribution in [0.15, 0.2) is 66.9 Å². The molecule has 0 spiro atoms. The van der Waals surface area contributed by atoms with Gasteiger partial charge >= 0.3 is 0 Å². The summed E-state index contributed by atoms with van der Waals surface area (Å²) in [6.07, 6.45) is 2.42. The highest BCUT2D eigenvalue weighted by atomic mass is 16.5. The lowest BCUT2D eigenvalue weighted by Gasteiger charge is -2.26. The minimum absolute atomic E-state index is 0.0124. The molecule has 0 bridgehead atoms. The maximum Gasteiger partial charge on any atom is 0.258 e. The molecule has 3 aromatic rings. The number of hydrogen-bond acceptors (Lipinski definition) is 4. The van der Waals surface area contributed by atoms with Crippen LogP contribution in [-0.2, 0) is 13.0 Å². The smallest absolute Gasteiger partial charge is 0.258 e. The summed E-state index contributed by atoms with van der Waals surface area (Å²) in [6, 6.07) is 19.7. The average molecular weight is 373 g/mol. The second kappa shape index (κ2) is 7.72. The first kappa shape index (κ1) is 18.0. The normalized spacial score (nSPS) is 15.4. The van der Waals surface area contributed by atoms with Gasteiger partial charge in [-0.05, 0) is 53.9 Å². The molecule has 1 N–H and O–H groups in total. The fourth-order valence-corrected chi connectivity index (χ4v) is 3.47. The van der Waals surface area contributed by atoms with Crippen LogP contribution in [0.1, 0.15) is 40.3 Å². The van der Waals surface area contributed by atoms with Crippen molar-refractivity contribution in [3.05, 3.63) is 89.2 Å². The lowest BCUT2D eigenvalue weighted by atomic mass is 10.1. The SMILES string of the molecule is CCc1ccc(NC2c3ncccc3C(=O)N2Cc2ccc(OC)cc2)cc1. The minimum atomic E-state index is -0.307. The summed E-state index contributed by atoms with van der Waals surface area (Å²) in [7, 11) is 1.64. The van der Waals surface area contributed by atoms with E-state index in [0.29, 0.717) is 12.1 Å². The van der Waals surface area contributed by atoms with Crippen LogP contribution in [0.2, 0.25) is 0 Å². The number of anilines is 1. The van der Waals surface area contributed by atoms with E-state index >= 15 is 0 Å². The second-order valence-electron chi connectivity index (χ2n) is 6.81. The molecule has 142 valence electrons. The van der Waals surface area contributed by atoms with E-state index in [1.807, 2.05) is 35.2 Å². The number of amides is 1. The van der Waals surface area contributed by atoms with Crippen LogP contribution in [0, 0.1) is 0 Å². The lowest BCUT2D eigenvalue weighted by molar-refractivity contribution is 0.0728. The van der Waals surface area contributed by atoms with Gasteiger partial charge in [-0.2, -0.15) is 0 Å². The van der Waals surface area contributed by atoms with Crippen LogP contribution in [0.4, 0.5) is 5.69 Å². The summed E-state index contributed by atoms with van der Waals surface area (Å²) in [5.74, 6) is 0.786. The Morgan fingerprint density at radius 2 is 1.75 bits per heavy atom. The maximum atomic E-state index is 13.0. The molecule has 1 unspecified atom stereocenters. The third kappa shape index (κ3) is 3.43. The molecule has 0 radical (unpaired) electrons. The van der Waals surface area contributed by atoms with Crippen LogP contribution in [-0.4, -0.2) is 22.9 Å². The minimum Gasteiger partial charge on any atom is -0.497 e. The average Bonchev–Trinajstić information content (AvgIpc) is 3.01. The Labute approximate surface area is 165 Å². The zero-order valence-electron chi connectivity index (χ0n) is 16.1. The highest BCUT2D eigenvalue weighted by molar-refractivity contribution is 5.98. The predicted octanol–water partition coefficient (Wildman–Crippen LogP) is 4.42. The van der Waals surface area contributed by atoms with Gasteiger partial charge in [-0.25, -0.2) is 0 Å². The van der Waals surface area contributed by atoms with Gasteiger partial charge < -0.3 is 15.0 Å². The third-order valence-electron chi connectivity index (χ3n) is 5.08. The Kier molecular flexibility index (Phi) is 4.98. The highest BCUT2D eigenvalue weighted by Gasteiger charge is 2.37. The van der Waals surface area contributed by atoms with Crippen molar-refractivity contribution in [3.8, 4) is 5.75 Å². The van der Waals surface area contributed by atoms with Gasteiger partial charge in [0, 0.05) is 18.4 Å². The van der Waals surface area contributed by atoms with Gasteiger partial charge in [0.2, 0.25) is 0 Å². The summed E-state index contributed by atoms with van der Waals surface area (Å²) in [6.45, 7) is 2.62. The summed E-state index contributed by atoms with van der Waals surface area (Å²) in [5, 5.41) is 3.49. The number of carbonyl (C=O) groups is 1. The van der Waals surface area contributed by atoms with Gasteiger partial charge in [-0.15, -0.1) is 0 Å². The van der Waals surface area contributed by atoms with Gasteiger partial charge in [0.1, 0.15) is 11.9 Å². The van der Waals surface area contributed by atoms with Crippen LogP contribution in [0.3, 0.4) is 0 Å². The van der Waals surface area contributed by atoms with Gasteiger partial charge in [-0.3, -0.25) is 9.78 Å². The summed E-state index contributed by atoms with van der Waals surface area (Å²) < 4.78 is 5.23. The maximum absolute atomic E-state index is 13.0. The van der Waals surface area contributed by atoms with Crippen molar-refractivity contribution in [3.63, 3.8) is 0 Å². The van der Waals surface area contributed by atoms with Gasteiger partial charge in [0.05, 0.1) is 18.4 Å². The van der Waals surface area contributed by atoms with Gasteiger partial charge in [0.25, 0.3) is 5.91 Å². The third-order valence-corrected chi connectivity index (χ3v) is 5.08. The Balaban J connectivity index is 1.63. The molecule has 1 aliphatic heterocycles. The number of fused-ring (bicyclic) bond motifs is 1. The fraction of sp³-hybridized carbons (Fsp3) is 0.217. The number of benzene rings is 2. The Hall–Kier alpha value is -3.34. The van der Waals surface area contributed by atoms with Gasteiger partial charge in [0.15, 0.2) is 0 Å². The number of methoxy groups -OCH3 is 1. The molecule has 1 atom stereocenters. The van der Waals surface area contributed by atoms with E-state index in [4.69, 9.17) is 4.74 Å². The highest BCUT2D eigenvalue weighted by Crippen LogP contribution is 2.34. The van der Waals surface area contributed by atoms with Crippen molar-refractivity contribution in [1.82, 2.24) is 9.88 Å². The molecule has 5 nitrogen and oxygen atoms in total. The standard InChI is InChI=1S/C23H23N3O2/c1-3-16-6-10-18(11-7-16)25-22-21-20(5-4-14-24-21)23(27)26(22)15-17-8-12-19(28-2)13-9-17/h4-14,22,25H,3,15H2,1-2H3. The molecule has 1 aromatic heterocycles. The zero-order chi connectivity index (χ0) is 19.5. The van der Waals surface area contributed by atoms with E-state index < -0.39 is 0 Å². The van der Waals surface area contributed by atoms with Crippen LogP contribution in [0.25, 0.3) is 0 Å². The predicted molar refractivity (Wildman–Crippen MR) is 109 cm³/mol. The number of rotatable bonds is 6. The Morgan fingerprint density at radius 3 is 2.43 bits per heavy atom. The summed E-state index contributed by atoms with van der Waals surface area (Å²) >= 11 is 0. The van der Waals surface area contributed by atoms with E-state index in [1.54, 1.807) is 19.4 Å². The van der Waals surface area contributed by atoms with Crippen molar-refractivity contribution in [2.45, 2.75) is 26.1 Å². The zero-order valence-corrected chi connectivity index (χ0v) is 16.1. The number of hydrogen-bond donors (Lipinski definition) is 1. The van der Waals surface area contributed by atoms with E-state index in [2.05, 4.69) is 41.5 Å². The number of nitrogens with zero attached hydrogens (tertiary/aromatic N) is 2. The molecule has 2 aromatic carbocycles. The molecule has 1 aliphatic rings. The molecule has 2 heterocycles. The fourth-order valence-electron chi connectivity index (χ4n) is 3.47. The molecule has 28 heavy (non-hydrogen) atoms. The molecular weight excluding hydrogens is 350 g/mol. The first-order valence-electron chi connectivity index (χ1n) is 9.44. The van der Waals surface area contributed by atoms with Crippen molar-refractivity contribution in [2.75, 3.05) is 12.4 Å².